The molecular formula is C15H15FN2O2. The number of amides is 1. The summed E-state index contributed by atoms with van der Waals surface area (Å²) in [6, 6.07) is 9.32. The molecule has 0 saturated carbocycles. The highest BCUT2D eigenvalue weighted by molar-refractivity contribution is 5.94. The van der Waals surface area contributed by atoms with Gasteiger partial charge in [-0.2, -0.15) is 0 Å². The minimum atomic E-state index is -0.670. The van der Waals surface area contributed by atoms with Gasteiger partial charge in [-0.15, -0.1) is 0 Å². The summed E-state index contributed by atoms with van der Waals surface area (Å²) < 4.78 is 13.7. The van der Waals surface area contributed by atoms with Crippen LogP contribution in [0.1, 0.15) is 21.5 Å². The molecule has 0 spiro atoms. The molecule has 0 bridgehead atoms. The third kappa shape index (κ3) is 3.06. The summed E-state index contributed by atoms with van der Waals surface area (Å²) in [6.07, 6.45) is 0. The highest BCUT2D eigenvalue weighted by Gasteiger charge is 2.10. The first-order valence-corrected chi connectivity index (χ1v) is 6.09. The molecule has 0 fully saturated rings. The van der Waals surface area contributed by atoms with Gasteiger partial charge in [-0.25, -0.2) is 4.39 Å². The molecule has 1 amide bonds. The average molecular weight is 274 g/mol. The van der Waals surface area contributed by atoms with Crippen LogP contribution in [0.5, 0.6) is 5.75 Å². The molecule has 0 radical (unpaired) electrons. The molecule has 2 aromatic carbocycles. The Bertz CT molecular complexity index is 639. The lowest BCUT2D eigenvalue weighted by molar-refractivity contribution is 0.1000. The molecule has 4 nitrogen and oxygen atoms in total. The smallest absolute Gasteiger partial charge is 0.248 e. The Hall–Kier alpha value is -2.56. The van der Waals surface area contributed by atoms with Crippen LogP contribution in [0, 0.1) is 12.7 Å². The van der Waals surface area contributed by atoms with E-state index in [9.17, 15) is 14.3 Å². The summed E-state index contributed by atoms with van der Waals surface area (Å²) in [4.78, 5) is 11.1. The quantitative estimate of drug-likeness (QED) is 0.802. The van der Waals surface area contributed by atoms with Gasteiger partial charge < -0.3 is 16.2 Å². The summed E-state index contributed by atoms with van der Waals surface area (Å²) in [5.41, 5.74) is 7.16. The van der Waals surface area contributed by atoms with E-state index in [1.165, 1.54) is 6.07 Å². The first kappa shape index (κ1) is 13.9. The number of nitrogens with one attached hydrogen (secondary N) is 1. The number of halogens is 1. The predicted octanol–water partition coefficient (Wildman–Crippen LogP) is 2.55. The van der Waals surface area contributed by atoms with Gasteiger partial charge in [0.2, 0.25) is 5.91 Å². The number of aromatic hydroxyl groups is 1. The zero-order valence-electron chi connectivity index (χ0n) is 11.0. The van der Waals surface area contributed by atoms with Crippen LogP contribution >= 0.6 is 0 Å². The van der Waals surface area contributed by atoms with Crippen molar-refractivity contribution in [3.63, 3.8) is 0 Å². The topological polar surface area (TPSA) is 75.4 Å². The van der Waals surface area contributed by atoms with E-state index < -0.39 is 11.7 Å². The first-order valence-electron chi connectivity index (χ1n) is 6.09. The Morgan fingerprint density at radius 3 is 2.55 bits per heavy atom. The SMILES string of the molecule is Cc1c(F)cc(C(N)=O)cc1NCc1ccc(O)cc1. The number of carbonyl (C=O) groups is 1. The van der Waals surface area contributed by atoms with E-state index in [2.05, 4.69) is 5.32 Å². The van der Waals surface area contributed by atoms with E-state index >= 15 is 0 Å². The van der Waals surface area contributed by atoms with Gasteiger partial charge in [0.25, 0.3) is 0 Å². The fourth-order valence-corrected chi connectivity index (χ4v) is 1.82. The van der Waals surface area contributed by atoms with Crippen molar-refractivity contribution in [1.82, 2.24) is 0 Å². The largest absolute Gasteiger partial charge is 0.508 e. The molecule has 0 aromatic heterocycles. The van der Waals surface area contributed by atoms with Crippen molar-refractivity contribution in [2.75, 3.05) is 5.32 Å². The zero-order chi connectivity index (χ0) is 14.7. The molecule has 0 saturated heterocycles. The lowest BCUT2D eigenvalue weighted by atomic mass is 10.1. The molecule has 4 N–H and O–H groups in total. The lowest BCUT2D eigenvalue weighted by Crippen LogP contribution is -2.13. The number of hydrogen-bond donors (Lipinski definition) is 3. The van der Waals surface area contributed by atoms with E-state index in [0.29, 0.717) is 17.8 Å². The molecule has 0 aliphatic carbocycles. The second kappa shape index (κ2) is 5.61. The molecule has 20 heavy (non-hydrogen) atoms. The number of phenolic OH excluding ortho intramolecular Hbond substituents is 1. The van der Waals surface area contributed by atoms with E-state index in [1.807, 2.05) is 0 Å². The van der Waals surface area contributed by atoms with E-state index in [-0.39, 0.29) is 11.3 Å². The van der Waals surface area contributed by atoms with Crippen molar-refractivity contribution in [2.45, 2.75) is 13.5 Å². The molecule has 2 rings (SSSR count). The van der Waals surface area contributed by atoms with E-state index in [4.69, 9.17) is 5.73 Å². The predicted molar refractivity (Wildman–Crippen MR) is 75.1 cm³/mol. The summed E-state index contributed by atoms with van der Waals surface area (Å²) >= 11 is 0. The fraction of sp³-hybridized carbons (Fsp3) is 0.133. The van der Waals surface area contributed by atoms with Gasteiger partial charge in [0, 0.05) is 23.4 Å². The van der Waals surface area contributed by atoms with Crippen LogP contribution < -0.4 is 11.1 Å². The Morgan fingerprint density at radius 2 is 1.95 bits per heavy atom. The summed E-state index contributed by atoms with van der Waals surface area (Å²) in [5.74, 6) is -0.960. The number of carbonyl (C=O) groups excluding carboxylic acids is 1. The molecule has 2 aromatic rings. The van der Waals surface area contributed by atoms with Crippen molar-refractivity contribution in [2.24, 2.45) is 5.73 Å². The highest BCUT2D eigenvalue weighted by atomic mass is 19.1. The van der Waals surface area contributed by atoms with Crippen LogP contribution in [0.2, 0.25) is 0 Å². The number of hydrogen-bond acceptors (Lipinski definition) is 3. The maximum atomic E-state index is 13.7. The summed E-state index contributed by atoms with van der Waals surface area (Å²) in [5, 5.41) is 12.3. The van der Waals surface area contributed by atoms with Crippen LogP contribution in [0.4, 0.5) is 10.1 Å². The van der Waals surface area contributed by atoms with Gasteiger partial charge in [-0.3, -0.25) is 4.79 Å². The van der Waals surface area contributed by atoms with Crippen molar-refractivity contribution in [3.8, 4) is 5.75 Å². The van der Waals surface area contributed by atoms with Gasteiger partial charge in [-0.05, 0) is 36.8 Å². The number of primary amides is 1. The normalized spacial score (nSPS) is 10.3. The second-order valence-corrected chi connectivity index (χ2v) is 4.51. The molecule has 5 heteroatoms. The van der Waals surface area contributed by atoms with E-state index in [0.717, 1.165) is 11.6 Å². The average Bonchev–Trinajstić information content (AvgIpc) is 2.42. The standard InChI is InChI=1S/C15H15FN2O2/c1-9-13(16)6-11(15(17)20)7-14(9)18-8-10-2-4-12(19)5-3-10/h2-7,18-19H,8H2,1H3,(H2,17,20). The first-order chi connectivity index (χ1) is 9.47. The second-order valence-electron chi connectivity index (χ2n) is 4.51. The minimum absolute atomic E-state index is 0.126. The number of benzene rings is 2. The summed E-state index contributed by atoms with van der Waals surface area (Å²) in [6.45, 7) is 2.07. The van der Waals surface area contributed by atoms with Crippen molar-refractivity contribution in [1.29, 1.82) is 0 Å². The van der Waals surface area contributed by atoms with Crippen LogP contribution in [-0.4, -0.2) is 11.0 Å². The Kier molecular flexibility index (Phi) is 3.89. The van der Waals surface area contributed by atoms with Gasteiger partial charge in [0.15, 0.2) is 0 Å². The van der Waals surface area contributed by atoms with Gasteiger partial charge >= 0.3 is 0 Å². The molecule has 0 atom stereocenters. The number of rotatable bonds is 4. The fourth-order valence-electron chi connectivity index (χ4n) is 1.82. The van der Waals surface area contributed by atoms with Crippen LogP contribution in [0.25, 0.3) is 0 Å². The maximum absolute atomic E-state index is 13.7. The van der Waals surface area contributed by atoms with Crippen molar-refractivity contribution >= 4 is 11.6 Å². The zero-order valence-corrected chi connectivity index (χ0v) is 11.0. The third-order valence-electron chi connectivity index (χ3n) is 3.05. The van der Waals surface area contributed by atoms with Crippen LogP contribution in [-0.2, 0) is 6.54 Å². The number of phenols is 1. The third-order valence-corrected chi connectivity index (χ3v) is 3.05. The van der Waals surface area contributed by atoms with Crippen LogP contribution in [0.3, 0.4) is 0 Å². The van der Waals surface area contributed by atoms with Crippen molar-refractivity contribution in [3.05, 3.63) is 58.9 Å². The molecule has 0 aliphatic rings. The maximum Gasteiger partial charge on any atom is 0.248 e. The van der Waals surface area contributed by atoms with Gasteiger partial charge in [0.05, 0.1) is 0 Å². The highest BCUT2D eigenvalue weighted by Crippen LogP contribution is 2.21. The minimum Gasteiger partial charge on any atom is -0.508 e. The Morgan fingerprint density at radius 1 is 1.30 bits per heavy atom. The molecular weight excluding hydrogens is 259 g/mol. The number of anilines is 1. The van der Waals surface area contributed by atoms with Gasteiger partial charge in [0.1, 0.15) is 11.6 Å². The van der Waals surface area contributed by atoms with Gasteiger partial charge in [-0.1, -0.05) is 12.1 Å². The Labute approximate surface area is 116 Å². The lowest BCUT2D eigenvalue weighted by Gasteiger charge is -2.12. The Balaban J connectivity index is 2.20. The molecule has 0 unspecified atom stereocenters. The van der Waals surface area contributed by atoms with Crippen molar-refractivity contribution < 1.29 is 14.3 Å². The number of nitrogens with two attached hydrogens (primary N) is 1. The molecule has 0 aliphatic heterocycles. The van der Waals surface area contributed by atoms with E-state index in [1.54, 1.807) is 31.2 Å². The monoisotopic (exact) mass is 274 g/mol. The summed E-state index contributed by atoms with van der Waals surface area (Å²) in [7, 11) is 0. The molecule has 0 heterocycles. The van der Waals surface area contributed by atoms with Crippen LogP contribution in [0.15, 0.2) is 36.4 Å². The molecule has 104 valence electrons.